The molecule has 1 heteroatoms. The summed E-state index contributed by atoms with van der Waals surface area (Å²) >= 11 is -2.55. The summed E-state index contributed by atoms with van der Waals surface area (Å²) in [4.78, 5) is 0. The molecule has 0 bridgehead atoms. The topological polar surface area (TPSA) is 0 Å². The van der Waals surface area contributed by atoms with Crippen molar-refractivity contribution >= 4 is 8.42 Å². The number of rotatable bonds is 2. The van der Waals surface area contributed by atoms with E-state index in [-0.39, 0.29) is 0 Å². The second kappa shape index (κ2) is 3.62. The van der Waals surface area contributed by atoms with E-state index in [1.165, 1.54) is 8.85 Å². The molecule has 0 spiro atoms. The molecular weight excluding hydrogens is 247 g/mol. The van der Waals surface area contributed by atoms with Crippen molar-refractivity contribution in [2.75, 3.05) is 0 Å². The van der Waals surface area contributed by atoms with Gasteiger partial charge in [0.2, 0.25) is 0 Å². The molecule has 2 rings (SSSR count). The summed E-state index contributed by atoms with van der Waals surface area (Å²) in [5.74, 6) is 0. The molecule has 0 amide bonds. The fourth-order valence-electron chi connectivity index (χ4n) is 2.01. The minimum absolute atomic E-state index is 1.10. The van der Waals surface area contributed by atoms with Crippen molar-refractivity contribution in [3.05, 3.63) is 42.5 Å². The zero-order valence-corrected chi connectivity index (χ0v) is 11.2. The molecule has 0 saturated carbocycles. The first-order valence-electron chi connectivity index (χ1n) is 5.05. The molecule has 72 valence electrons. The van der Waals surface area contributed by atoms with Crippen LogP contribution in [0.2, 0.25) is 0 Å². The van der Waals surface area contributed by atoms with Crippen LogP contribution in [0.3, 0.4) is 0 Å². The van der Waals surface area contributed by atoms with Crippen molar-refractivity contribution in [1.29, 1.82) is 0 Å². The van der Waals surface area contributed by atoms with Gasteiger partial charge in [0.05, 0.1) is 0 Å². The van der Waals surface area contributed by atoms with Gasteiger partial charge in [-0.15, -0.1) is 0 Å². The van der Waals surface area contributed by atoms with Gasteiger partial charge in [-0.1, -0.05) is 0 Å². The molecule has 0 aromatic heterocycles. The van der Waals surface area contributed by atoms with E-state index in [0.29, 0.717) is 0 Å². The van der Waals surface area contributed by atoms with Gasteiger partial charge in [-0.05, 0) is 0 Å². The molecule has 0 atom stereocenters. The Kier molecular flexibility index (Phi) is 2.62. The third-order valence-electron chi connectivity index (χ3n) is 3.05. The van der Waals surface area contributed by atoms with Crippen LogP contribution in [0.15, 0.2) is 42.5 Å². The molecule has 0 fully saturated rings. The Labute approximate surface area is 89.7 Å². The van der Waals surface area contributed by atoms with E-state index in [9.17, 15) is 0 Å². The average molecular weight is 263 g/mol. The summed E-state index contributed by atoms with van der Waals surface area (Å²) in [6.45, 7) is 2.16. The predicted octanol–water partition coefficient (Wildman–Crippen LogP) is 3.08. The van der Waals surface area contributed by atoms with E-state index in [1.807, 2.05) is 0 Å². The monoisotopic (exact) mass is 262 g/mol. The van der Waals surface area contributed by atoms with Gasteiger partial charge in [0.15, 0.2) is 0 Å². The fourth-order valence-corrected chi connectivity index (χ4v) is 7.74. The number of hydrogen-bond acceptors (Lipinski definition) is 0. The van der Waals surface area contributed by atoms with Crippen LogP contribution in [0.25, 0.3) is 0 Å². The van der Waals surface area contributed by atoms with Gasteiger partial charge in [0.25, 0.3) is 0 Å². The molecule has 0 nitrogen and oxygen atoms in total. The van der Waals surface area contributed by atoms with Crippen molar-refractivity contribution in [3.8, 4) is 0 Å². The molecular formula is C13H16Zr. The Morgan fingerprint density at radius 3 is 2.50 bits per heavy atom. The van der Waals surface area contributed by atoms with Crippen molar-refractivity contribution in [1.82, 2.24) is 0 Å². The maximum atomic E-state index is 4.46. The molecule has 0 heterocycles. The van der Waals surface area contributed by atoms with E-state index in [1.54, 1.807) is 3.28 Å². The molecule has 0 unspecified atom stereocenters. The Morgan fingerprint density at radius 2 is 2.00 bits per heavy atom. The van der Waals surface area contributed by atoms with Crippen LogP contribution in [0.5, 0.6) is 0 Å². The summed E-state index contributed by atoms with van der Waals surface area (Å²) in [5, 5.41) is 0. The second-order valence-corrected chi connectivity index (χ2v) is 12.7. The van der Waals surface area contributed by atoms with Crippen molar-refractivity contribution in [3.63, 3.8) is 0 Å². The first-order valence-corrected chi connectivity index (χ1v) is 11.0. The van der Waals surface area contributed by atoms with E-state index in [0.717, 1.165) is 12.8 Å². The molecule has 0 N–H and O–H groups in total. The molecule has 14 heavy (non-hydrogen) atoms. The van der Waals surface area contributed by atoms with Gasteiger partial charge in [-0.3, -0.25) is 0 Å². The quantitative estimate of drug-likeness (QED) is 0.718. The minimum atomic E-state index is -2.55. The number of hydrogen-bond donors (Lipinski definition) is 0. The third-order valence-corrected chi connectivity index (χ3v) is 10.9. The van der Waals surface area contributed by atoms with Crippen LogP contribution < -0.4 is 0 Å². The standard InChI is InChI=1S/C6H7.C5H5.2CH2.Zr/c1-6-4-2-3-5-6;1-2-4-5-3-1;;;/h4-5H,2H2,1H3;1-3H,4H2;2*1H2;. The summed E-state index contributed by atoms with van der Waals surface area (Å²) < 4.78 is 12.0. The van der Waals surface area contributed by atoms with Crippen LogP contribution in [-0.2, 0) is 19.3 Å². The van der Waals surface area contributed by atoms with Crippen molar-refractivity contribution < 1.29 is 19.3 Å². The Hall–Kier alpha value is -0.417. The molecule has 2 aliphatic carbocycles. The predicted molar refractivity (Wildman–Crippen MR) is 62.5 cm³/mol. The Morgan fingerprint density at radius 1 is 1.21 bits per heavy atom. The van der Waals surface area contributed by atoms with E-state index in [2.05, 4.69) is 45.7 Å². The van der Waals surface area contributed by atoms with Gasteiger partial charge in [-0.25, -0.2) is 0 Å². The second-order valence-electron chi connectivity index (χ2n) is 4.23. The molecule has 0 aromatic carbocycles. The van der Waals surface area contributed by atoms with Crippen LogP contribution in [-0.4, -0.2) is 8.42 Å². The van der Waals surface area contributed by atoms with Crippen LogP contribution >= 0.6 is 0 Å². The third kappa shape index (κ3) is 1.71. The zero-order valence-electron chi connectivity index (χ0n) is 8.72. The van der Waals surface area contributed by atoms with Gasteiger partial charge in [0.1, 0.15) is 0 Å². The zero-order chi connectivity index (χ0) is 10.2. The normalized spacial score (nSPS) is 19.6. The number of allylic oxidation sites excluding steroid dienone is 8. The summed E-state index contributed by atoms with van der Waals surface area (Å²) in [5.41, 5.74) is 1.39. The van der Waals surface area contributed by atoms with Gasteiger partial charge in [0, 0.05) is 0 Å². The SMILES string of the molecule is [CH2]=[Zr](=[CH2])([C]1=CC=CC1)[C]1=CC(C)=CC1. The van der Waals surface area contributed by atoms with Crippen molar-refractivity contribution in [2.45, 2.75) is 19.8 Å². The summed E-state index contributed by atoms with van der Waals surface area (Å²) in [7, 11) is 0. The maximum absolute atomic E-state index is 4.46. The van der Waals surface area contributed by atoms with Crippen LogP contribution in [0, 0.1) is 0 Å². The van der Waals surface area contributed by atoms with Gasteiger partial charge < -0.3 is 0 Å². The molecule has 0 aliphatic heterocycles. The first-order chi connectivity index (χ1) is 6.60. The summed E-state index contributed by atoms with van der Waals surface area (Å²) in [6.07, 6.45) is 13.4. The molecule has 0 aromatic rings. The van der Waals surface area contributed by atoms with Crippen LogP contribution in [0.4, 0.5) is 0 Å². The van der Waals surface area contributed by atoms with Gasteiger partial charge >= 0.3 is 90.0 Å². The van der Waals surface area contributed by atoms with E-state index < -0.39 is 19.3 Å². The Balaban J connectivity index is 2.31. The van der Waals surface area contributed by atoms with E-state index in [4.69, 9.17) is 0 Å². The molecule has 0 radical (unpaired) electrons. The van der Waals surface area contributed by atoms with Crippen LogP contribution in [0.1, 0.15) is 19.8 Å². The summed E-state index contributed by atoms with van der Waals surface area (Å²) in [6, 6.07) is 0. The Bertz CT molecular complexity index is 465. The van der Waals surface area contributed by atoms with Gasteiger partial charge in [-0.2, -0.15) is 0 Å². The van der Waals surface area contributed by atoms with Crippen molar-refractivity contribution in [2.24, 2.45) is 0 Å². The fraction of sp³-hybridized carbons (Fsp3) is 0.231. The van der Waals surface area contributed by atoms with E-state index >= 15 is 0 Å². The molecule has 2 aliphatic rings. The first kappa shape index (κ1) is 10.1. The molecule has 0 saturated heterocycles. The average Bonchev–Trinajstić information content (AvgIpc) is 2.72.